The summed E-state index contributed by atoms with van der Waals surface area (Å²) in [5.41, 5.74) is 0.846. The minimum atomic E-state index is 0.0349. The van der Waals surface area contributed by atoms with Gasteiger partial charge < -0.3 is 15.2 Å². The fourth-order valence-corrected chi connectivity index (χ4v) is 3.21. The van der Waals surface area contributed by atoms with Crippen LogP contribution in [0.3, 0.4) is 0 Å². The molecule has 0 bridgehead atoms. The molecule has 1 aromatic carbocycles. The number of unbranched alkanes of at least 4 members (excludes halogenated alkanes) is 1. The van der Waals surface area contributed by atoms with Crippen molar-refractivity contribution in [3.8, 4) is 11.5 Å². The Morgan fingerprint density at radius 1 is 1.33 bits per heavy atom. The number of aromatic hydroxyl groups is 1. The lowest BCUT2D eigenvalue weighted by molar-refractivity contribution is -0.121. The van der Waals surface area contributed by atoms with Gasteiger partial charge in [-0.15, -0.1) is 0 Å². The molecular formula is C20H29NO3. The molecule has 0 saturated heterocycles. The predicted octanol–water partition coefficient (Wildman–Crippen LogP) is 3.97. The summed E-state index contributed by atoms with van der Waals surface area (Å²) in [4.78, 5) is 12.2. The van der Waals surface area contributed by atoms with Crippen LogP contribution in [0.25, 0.3) is 0 Å². The number of benzene rings is 1. The standard InChI is InChI=1S/C20H29NO3/c1-3-4-5-6-15-7-10-17(11-8-15)21-20(23)14-16-9-12-18(22)19(13-16)24-2/h5-6,9,12-13,15,17,22H,3-4,7-8,10-11,14H2,1-2H3,(H,21,23)/b6-5+/t15-,17+. The highest BCUT2D eigenvalue weighted by atomic mass is 16.5. The minimum Gasteiger partial charge on any atom is -0.504 e. The molecule has 2 rings (SSSR count). The van der Waals surface area contributed by atoms with E-state index in [4.69, 9.17) is 4.74 Å². The summed E-state index contributed by atoms with van der Waals surface area (Å²) < 4.78 is 5.08. The Labute approximate surface area is 144 Å². The Morgan fingerprint density at radius 3 is 2.75 bits per heavy atom. The van der Waals surface area contributed by atoms with Gasteiger partial charge in [0.2, 0.25) is 5.91 Å². The molecule has 1 amide bonds. The van der Waals surface area contributed by atoms with E-state index in [9.17, 15) is 9.90 Å². The summed E-state index contributed by atoms with van der Waals surface area (Å²) in [7, 11) is 1.51. The number of amides is 1. The molecule has 1 fully saturated rings. The van der Waals surface area contributed by atoms with Gasteiger partial charge in [-0.2, -0.15) is 0 Å². The molecule has 0 aromatic heterocycles. The number of carbonyl (C=O) groups excluding carboxylic acids is 1. The molecule has 2 N–H and O–H groups in total. The van der Waals surface area contributed by atoms with Crippen molar-refractivity contribution in [2.24, 2.45) is 5.92 Å². The topological polar surface area (TPSA) is 58.6 Å². The Hall–Kier alpha value is -1.97. The lowest BCUT2D eigenvalue weighted by Crippen LogP contribution is -2.38. The van der Waals surface area contributed by atoms with Gasteiger partial charge >= 0.3 is 0 Å². The van der Waals surface area contributed by atoms with Crippen LogP contribution in [-0.2, 0) is 11.2 Å². The minimum absolute atomic E-state index is 0.0349. The van der Waals surface area contributed by atoms with Crippen LogP contribution in [0.2, 0.25) is 0 Å². The van der Waals surface area contributed by atoms with Gasteiger partial charge in [0, 0.05) is 6.04 Å². The Kier molecular flexibility index (Phi) is 7.16. The van der Waals surface area contributed by atoms with Gasteiger partial charge in [-0.05, 0) is 55.7 Å². The van der Waals surface area contributed by atoms with Crippen molar-refractivity contribution in [2.75, 3.05) is 7.11 Å². The van der Waals surface area contributed by atoms with E-state index in [1.807, 2.05) is 0 Å². The molecule has 24 heavy (non-hydrogen) atoms. The van der Waals surface area contributed by atoms with Gasteiger partial charge in [0.25, 0.3) is 0 Å². The average Bonchev–Trinajstić information content (AvgIpc) is 2.58. The Bertz CT molecular complexity index is 560. The lowest BCUT2D eigenvalue weighted by atomic mass is 9.85. The Balaban J connectivity index is 1.77. The average molecular weight is 331 g/mol. The number of nitrogens with one attached hydrogen (secondary N) is 1. The molecule has 0 aliphatic heterocycles. The summed E-state index contributed by atoms with van der Waals surface area (Å²) >= 11 is 0. The summed E-state index contributed by atoms with van der Waals surface area (Å²) in [6, 6.07) is 5.32. The van der Waals surface area contributed by atoms with E-state index >= 15 is 0 Å². The number of phenols is 1. The van der Waals surface area contributed by atoms with Crippen LogP contribution in [0.4, 0.5) is 0 Å². The van der Waals surface area contributed by atoms with Crippen molar-refractivity contribution in [1.29, 1.82) is 0 Å². The zero-order chi connectivity index (χ0) is 17.4. The SMILES string of the molecule is CCC/C=C/[C@H]1CC[C@@H](NC(=O)Cc2ccc(O)c(OC)c2)CC1. The van der Waals surface area contributed by atoms with Crippen molar-refractivity contribution in [1.82, 2.24) is 5.32 Å². The maximum Gasteiger partial charge on any atom is 0.224 e. The fraction of sp³-hybridized carbons (Fsp3) is 0.550. The first kappa shape index (κ1) is 18.4. The number of allylic oxidation sites excluding steroid dienone is 2. The molecule has 0 unspecified atom stereocenters. The van der Waals surface area contributed by atoms with Crippen molar-refractivity contribution >= 4 is 5.91 Å². The van der Waals surface area contributed by atoms with Crippen molar-refractivity contribution in [3.63, 3.8) is 0 Å². The van der Waals surface area contributed by atoms with Crippen molar-refractivity contribution in [2.45, 2.75) is 57.9 Å². The molecule has 0 spiro atoms. The number of hydrogen-bond donors (Lipinski definition) is 2. The number of phenolic OH excluding ortho intramolecular Hbond substituents is 1. The second-order valence-electron chi connectivity index (χ2n) is 6.58. The largest absolute Gasteiger partial charge is 0.504 e. The van der Waals surface area contributed by atoms with E-state index in [0.717, 1.165) is 37.7 Å². The lowest BCUT2D eigenvalue weighted by Gasteiger charge is -2.27. The van der Waals surface area contributed by atoms with Crippen molar-refractivity contribution < 1.29 is 14.6 Å². The van der Waals surface area contributed by atoms with Crippen LogP contribution >= 0.6 is 0 Å². The molecule has 0 atom stereocenters. The third-order valence-electron chi connectivity index (χ3n) is 4.61. The predicted molar refractivity (Wildman–Crippen MR) is 96.3 cm³/mol. The molecule has 132 valence electrons. The maximum atomic E-state index is 12.2. The quantitative estimate of drug-likeness (QED) is 0.743. The first-order valence-corrected chi connectivity index (χ1v) is 8.94. The van der Waals surface area contributed by atoms with Crippen LogP contribution in [0.1, 0.15) is 51.0 Å². The number of methoxy groups -OCH3 is 1. The molecule has 0 radical (unpaired) electrons. The third kappa shape index (κ3) is 5.59. The smallest absolute Gasteiger partial charge is 0.224 e. The second kappa shape index (κ2) is 9.36. The first-order valence-electron chi connectivity index (χ1n) is 8.94. The number of ether oxygens (including phenoxy) is 1. The molecule has 0 heterocycles. The van der Waals surface area contributed by atoms with Gasteiger partial charge in [-0.1, -0.05) is 31.6 Å². The Morgan fingerprint density at radius 2 is 2.08 bits per heavy atom. The monoisotopic (exact) mass is 331 g/mol. The zero-order valence-electron chi connectivity index (χ0n) is 14.8. The van der Waals surface area contributed by atoms with E-state index in [-0.39, 0.29) is 17.7 Å². The van der Waals surface area contributed by atoms with E-state index in [1.165, 1.54) is 13.5 Å². The van der Waals surface area contributed by atoms with E-state index in [0.29, 0.717) is 18.1 Å². The van der Waals surface area contributed by atoms with Crippen LogP contribution in [0.15, 0.2) is 30.4 Å². The summed E-state index contributed by atoms with van der Waals surface area (Å²) in [5.74, 6) is 1.20. The normalized spacial score (nSPS) is 20.9. The van der Waals surface area contributed by atoms with E-state index in [1.54, 1.807) is 18.2 Å². The van der Waals surface area contributed by atoms with Crippen molar-refractivity contribution in [3.05, 3.63) is 35.9 Å². The van der Waals surface area contributed by atoms with Crippen LogP contribution in [0.5, 0.6) is 11.5 Å². The van der Waals surface area contributed by atoms with Crippen LogP contribution in [-0.4, -0.2) is 24.2 Å². The summed E-state index contributed by atoms with van der Waals surface area (Å²) in [6.07, 6.45) is 11.7. The molecule has 1 aliphatic rings. The fourth-order valence-electron chi connectivity index (χ4n) is 3.21. The third-order valence-corrected chi connectivity index (χ3v) is 4.61. The van der Waals surface area contributed by atoms with Gasteiger partial charge in [0.05, 0.1) is 13.5 Å². The molecule has 1 saturated carbocycles. The van der Waals surface area contributed by atoms with Gasteiger partial charge in [-0.3, -0.25) is 4.79 Å². The number of hydrogen-bond acceptors (Lipinski definition) is 3. The number of carbonyl (C=O) groups is 1. The summed E-state index contributed by atoms with van der Waals surface area (Å²) in [6.45, 7) is 2.19. The highest BCUT2D eigenvalue weighted by Gasteiger charge is 2.21. The second-order valence-corrected chi connectivity index (χ2v) is 6.58. The molecular weight excluding hydrogens is 302 g/mol. The van der Waals surface area contributed by atoms with Gasteiger partial charge in [0.1, 0.15) is 0 Å². The molecule has 4 nitrogen and oxygen atoms in total. The van der Waals surface area contributed by atoms with E-state index < -0.39 is 0 Å². The zero-order valence-corrected chi connectivity index (χ0v) is 14.8. The molecule has 1 aromatic rings. The summed E-state index contributed by atoms with van der Waals surface area (Å²) in [5, 5.41) is 12.7. The van der Waals surface area contributed by atoms with Crippen LogP contribution < -0.4 is 10.1 Å². The van der Waals surface area contributed by atoms with Crippen LogP contribution in [0, 0.1) is 5.92 Å². The highest BCUT2D eigenvalue weighted by molar-refractivity contribution is 5.79. The molecule has 4 heteroatoms. The van der Waals surface area contributed by atoms with Gasteiger partial charge in [0.15, 0.2) is 11.5 Å². The van der Waals surface area contributed by atoms with Gasteiger partial charge in [-0.25, -0.2) is 0 Å². The highest BCUT2D eigenvalue weighted by Crippen LogP contribution is 2.27. The number of rotatable bonds is 7. The maximum absolute atomic E-state index is 12.2. The van der Waals surface area contributed by atoms with E-state index in [2.05, 4.69) is 24.4 Å². The first-order chi connectivity index (χ1) is 11.6. The molecule has 1 aliphatic carbocycles.